The van der Waals surface area contributed by atoms with Gasteiger partial charge in [-0.3, -0.25) is 0 Å². The maximum absolute atomic E-state index is 2.42. The SMILES string of the molecule is CCN1CSc2cc(C)c(C)cc21. The molecule has 0 radical (unpaired) electrons. The van der Waals surface area contributed by atoms with Crippen molar-refractivity contribution in [2.45, 2.75) is 25.7 Å². The van der Waals surface area contributed by atoms with Crippen LogP contribution in [0.25, 0.3) is 0 Å². The summed E-state index contributed by atoms with van der Waals surface area (Å²) in [5, 5.41) is 0. The van der Waals surface area contributed by atoms with E-state index in [1.807, 2.05) is 11.8 Å². The fourth-order valence-electron chi connectivity index (χ4n) is 1.62. The Bertz CT molecular complexity index is 333. The van der Waals surface area contributed by atoms with Crippen molar-refractivity contribution in [3.05, 3.63) is 23.3 Å². The third kappa shape index (κ3) is 1.44. The highest BCUT2D eigenvalue weighted by atomic mass is 32.2. The van der Waals surface area contributed by atoms with Crippen LogP contribution in [0.2, 0.25) is 0 Å². The molecule has 0 aliphatic carbocycles. The van der Waals surface area contributed by atoms with E-state index in [1.165, 1.54) is 21.7 Å². The van der Waals surface area contributed by atoms with Gasteiger partial charge < -0.3 is 4.90 Å². The van der Waals surface area contributed by atoms with Crippen molar-refractivity contribution >= 4 is 17.4 Å². The molecule has 0 N–H and O–H groups in total. The summed E-state index contributed by atoms with van der Waals surface area (Å²) in [5.41, 5.74) is 4.24. The number of hydrogen-bond acceptors (Lipinski definition) is 2. The molecule has 2 rings (SSSR count). The lowest BCUT2D eigenvalue weighted by molar-refractivity contribution is 0.948. The summed E-state index contributed by atoms with van der Waals surface area (Å²) < 4.78 is 0. The van der Waals surface area contributed by atoms with E-state index in [1.54, 1.807) is 0 Å². The molecule has 70 valence electrons. The Morgan fingerprint density at radius 2 is 2.00 bits per heavy atom. The molecule has 0 unspecified atom stereocenters. The summed E-state index contributed by atoms with van der Waals surface area (Å²) in [6, 6.07) is 4.62. The van der Waals surface area contributed by atoms with Crippen molar-refractivity contribution in [3.63, 3.8) is 0 Å². The Kier molecular flexibility index (Phi) is 2.24. The first kappa shape index (κ1) is 8.95. The Hall–Kier alpha value is -0.630. The monoisotopic (exact) mass is 193 g/mol. The topological polar surface area (TPSA) is 3.24 Å². The quantitative estimate of drug-likeness (QED) is 0.674. The van der Waals surface area contributed by atoms with Crippen LogP contribution in [0, 0.1) is 13.8 Å². The smallest absolute Gasteiger partial charge is 0.0686 e. The molecular formula is C11H15NS. The molecule has 1 aliphatic rings. The summed E-state index contributed by atoms with van der Waals surface area (Å²) in [4.78, 5) is 3.87. The molecule has 0 bridgehead atoms. The molecule has 0 atom stereocenters. The summed E-state index contributed by atoms with van der Waals surface area (Å²) in [5.74, 6) is 1.12. The zero-order valence-electron chi connectivity index (χ0n) is 8.42. The van der Waals surface area contributed by atoms with Crippen LogP contribution < -0.4 is 4.90 Å². The Morgan fingerprint density at radius 3 is 2.69 bits per heavy atom. The van der Waals surface area contributed by atoms with Crippen LogP contribution in [-0.4, -0.2) is 12.4 Å². The molecule has 0 saturated carbocycles. The molecule has 0 spiro atoms. The molecule has 1 aromatic rings. The Labute approximate surface area is 84.1 Å². The fourth-order valence-corrected chi connectivity index (χ4v) is 2.83. The number of benzene rings is 1. The largest absolute Gasteiger partial charge is 0.361 e. The highest BCUT2D eigenvalue weighted by Crippen LogP contribution is 2.39. The highest BCUT2D eigenvalue weighted by Gasteiger charge is 2.18. The van der Waals surface area contributed by atoms with Gasteiger partial charge in [-0.15, -0.1) is 11.8 Å². The lowest BCUT2D eigenvalue weighted by Crippen LogP contribution is -2.17. The van der Waals surface area contributed by atoms with Gasteiger partial charge in [-0.05, 0) is 44.0 Å². The van der Waals surface area contributed by atoms with Crippen LogP contribution in [0.3, 0.4) is 0 Å². The zero-order chi connectivity index (χ0) is 9.42. The average molecular weight is 193 g/mol. The van der Waals surface area contributed by atoms with E-state index in [2.05, 4.69) is 37.8 Å². The second-order valence-electron chi connectivity index (χ2n) is 3.53. The normalized spacial score (nSPS) is 14.8. The maximum atomic E-state index is 2.42. The first-order chi connectivity index (χ1) is 6.22. The number of anilines is 1. The molecule has 1 aliphatic heterocycles. The van der Waals surface area contributed by atoms with Gasteiger partial charge in [-0.2, -0.15) is 0 Å². The number of aryl methyl sites for hydroxylation is 2. The molecule has 0 fully saturated rings. The van der Waals surface area contributed by atoms with Gasteiger partial charge in [0.25, 0.3) is 0 Å². The van der Waals surface area contributed by atoms with Crippen molar-refractivity contribution in [1.29, 1.82) is 0 Å². The van der Waals surface area contributed by atoms with Gasteiger partial charge >= 0.3 is 0 Å². The van der Waals surface area contributed by atoms with Crippen molar-refractivity contribution in [2.24, 2.45) is 0 Å². The van der Waals surface area contributed by atoms with E-state index >= 15 is 0 Å². The van der Waals surface area contributed by atoms with Crippen molar-refractivity contribution in [3.8, 4) is 0 Å². The van der Waals surface area contributed by atoms with Gasteiger partial charge in [0.05, 0.1) is 11.6 Å². The van der Waals surface area contributed by atoms with E-state index in [0.29, 0.717) is 0 Å². The van der Waals surface area contributed by atoms with Crippen LogP contribution in [0.5, 0.6) is 0 Å². The van der Waals surface area contributed by atoms with E-state index in [0.717, 1.165) is 12.4 Å². The second kappa shape index (κ2) is 3.26. The molecule has 1 aromatic carbocycles. The second-order valence-corrected chi connectivity index (χ2v) is 4.52. The summed E-state index contributed by atoms with van der Waals surface area (Å²) in [7, 11) is 0. The molecule has 0 saturated heterocycles. The van der Waals surface area contributed by atoms with Gasteiger partial charge in [0, 0.05) is 11.4 Å². The molecule has 13 heavy (non-hydrogen) atoms. The Balaban J connectivity index is 2.47. The average Bonchev–Trinajstić information content (AvgIpc) is 2.48. The van der Waals surface area contributed by atoms with Crippen molar-refractivity contribution < 1.29 is 0 Å². The molecular weight excluding hydrogens is 178 g/mol. The molecule has 0 aromatic heterocycles. The standard InChI is InChI=1S/C11H15NS/c1-4-12-7-13-11-6-9(3)8(2)5-10(11)12/h5-6H,4,7H2,1-3H3. The minimum atomic E-state index is 1.11. The van der Waals surface area contributed by atoms with Crippen molar-refractivity contribution in [2.75, 3.05) is 17.3 Å². The predicted octanol–water partition coefficient (Wildman–Crippen LogP) is 3.19. The van der Waals surface area contributed by atoms with Gasteiger partial charge in [0.15, 0.2) is 0 Å². The summed E-state index contributed by atoms with van der Waals surface area (Å²) in [6.45, 7) is 7.70. The number of rotatable bonds is 1. The van der Waals surface area contributed by atoms with E-state index in [4.69, 9.17) is 0 Å². The van der Waals surface area contributed by atoms with E-state index in [-0.39, 0.29) is 0 Å². The minimum Gasteiger partial charge on any atom is -0.361 e. The van der Waals surface area contributed by atoms with Gasteiger partial charge in [-0.1, -0.05) is 0 Å². The minimum absolute atomic E-state index is 1.11. The van der Waals surface area contributed by atoms with E-state index < -0.39 is 0 Å². The van der Waals surface area contributed by atoms with E-state index in [9.17, 15) is 0 Å². The van der Waals surface area contributed by atoms with Crippen LogP contribution in [0.1, 0.15) is 18.1 Å². The third-order valence-electron chi connectivity index (χ3n) is 2.67. The molecule has 0 amide bonds. The number of nitrogens with zero attached hydrogens (tertiary/aromatic N) is 1. The first-order valence-electron chi connectivity index (χ1n) is 4.71. The summed E-state index contributed by atoms with van der Waals surface area (Å²) >= 11 is 1.95. The van der Waals surface area contributed by atoms with Crippen molar-refractivity contribution in [1.82, 2.24) is 0 Å². The predicted molar refractivity (Wildman–Crippen MR) is 59.7 cm³/mol. The number of fused-ring (bicyclic) bond motifs is 1. The van der Waals surface area contributed by atoms with Crippen LogP contribution in [0.4, 0.5) is 5.69 Å². The number of thioether (sulfide) groups is 1. The Morgan fingerprint density at radius 1 is 1.31 bits per heavy atom. The fraction of sp³-hybridized carbons (Fsp3) is 0.455. The lowest BCUT2D eigenvalue weighted by atomic mass is 10.1. The maximum Gasteiger partial charge on any atom is 0.0686 e. The summed E-state index contributed by atoms with van der Waals surface area (Å²) in [6.07, 6.45) is 0. The highest BCUT2D eigenvalue weighted by molar-refractivity contribution is 7.99. The van der Waals surface area contributed by atoms with Gasteiger partial charge in [0.1, 0.15) is 0 Å². The van der Waals surface area contributed by atoms with Crippen LogP contribution in [0.15, 0.2) is 17.0 Å². The van der Waals surface area contributed by atoms with Gasteiger partial charge in [-0.25, -0.2) is 0 Å². The third-order valence-corrected chi connectivity index (χ3v) is 3.75. The zero-order valence-corrected chi connectivity index (χ0v) is 9.24. The molecule has 1 nitrogen and oxygen atoms in total. The van der Waals surface area contributed by atoms with Crippen LogP contribution >= 0.6 is 11.8 Å². The number of hydrogen-bond donors (Lipinski definition) is 0. The van der Waals surface area contributed by atoms with Crippen LogP contribution in [-0.2, 0) is 0 Å². The van der Waals surface area contributed by atoms with Gasteiger partial charge in [0.2, 0.25) is 0 Å². The molecule has 1 heterocycles. The first-order valence-corrected chi connectivity index (χ1v) is 5.70. The molecule has 2 heteroatoms. The lowest BCUT2D eigenvalue weighted by Gasteiger charge is -2.16.